The van der Waals surface area contributed by atoms with E-state index in [-0.39, 0.29) is 23.6 Å². The van der Waals surface area contributed by atoms with Crippen molar-refractivity contribution in [3.63, 3.8) is 0 Å². The Balaban J connectivity index is 2.06. The van der Waals surface area contributed by atoms with Crippen LogP contribution in [0.3, 0.4) is 0 Å². The second kappa shape index (κ2) is 10.8. The molecule has 0 radical (unpaired) electrons. The third-order valence-corrected chi connectivity index (χ3v) is 4.85. The topological polar surface area (TPSA) is 128 Å². The second-order valence-corrected chi connectivity index (χ2v) is 7.16. The highest BCUT2D eigenvalue weighted by atomic mass is 16.6. The van der Waals surface area contributed by atoms with E-state index in [0.29, 0.717) is 35.7 Å². The van der Waals surface area contributed by atoms with Crippen molar-refractivity contribution < 1.29 is 28.8 Å². The first-order valence-electron chi connectivity index (χ1n) is 10.4. The number of hydrogen-bond acceptors (Lipinski definition) is 7. The zero-order chi connectivity index (χ0) is 25.5. The Kier molecular flexibility index (Phi) is 7.63. The highest BCUT2D eigenvalue weighted by molar-refractivity contribution is 6.39. The van der Waals surface area contributed by atoms with Gasteiger partial charge in [0.2, 0.25) is 0 Å². The summed E-state index contributed by atoms with van der Waals surface area (Å²) in [5, 5.41) is 13.0. The van der Waals surface area contributed by atoms with E-state index >= 15 is 0 Å². The monoisotopic (exact) mass is 475 g/mol. The van der Waals surface area contributed by atoms with Gasteiger partial charge >= 0.3 is 6.03 Å². The number of terminal acetylenes is 1. The van der Waals surface area contributed by atoms with E-state index in [1.165, 1.54) is 18.2 Å². The molecule has 1 fully saturated rings. The van der Waals surface area contributed by atoms with Crippen LogP contribution in [0.15, 0.2) is 54.6 Å². The number of benzene rings is 2. The first-order valence-corrected chi connectivity index (χ1v) is 10.4. The fraction of sp³-hybridized carbons (Fsp3) is 0.160. The Morgan fingerprint density at radius 2 is 1.91 bits per heavy atom. The predicted octanol–water partition coefficient (Wildman–Crippen LogP) is 3.40. The summed E-state index contributed by atoms with van der Waals surface area (Å²) in [4.78, 5) is 49.1. The van der Waals surface area contributed by atoms with Gasteiger partial charge in [-0.05, 0) is 49.2 Å². The van der Waals surface area contributed by atoms with Gasteiger partial charge in [-0.2, -0.15) is 0 Å². The number of nitrogens with zero attached hydrogens (tertiary/aromatic N) is 2. The molecule has 0 atom stereocenters. The van der Waals surface area contributed by atoms with E-state index in [4.69, 9.17) is 15.9 Å². The summed E-state index contributed by atoms with van der Waals surface area (Å²) in [5.74, 6) is 1.41. The highest BCUT2D eigenvalue weighted by Gasteiger charge is 2.37. The maximum Gasteiger partial charge on any atom is 0.335 e. The molecule has 4 amide bonds. The van der Waals surface area contributed by atoms with Gasteiger partial charge in [0, 0.05) is 17.7 Å². The van der Waals surface area contributed by atoms with Crippen LogP contribution in [0.1, 0.15) is 18.1 Å². The molecule has 0 aliphatic carbocycles. The van der Waals surface area contributed by atoms with Crippen LogP contribution in [0.5, 0.6) is 11.5 Å². The average molecular weight is 475 g/mol. The molecule has 3 rings (SSSR count). The number of amides is 4. The van der Waals surface area contributed by atoms with Crippen molar-refractivity contribution >= 4 is 35.3 Å². The van der Waals surface area contributed by atoms with Crippen LogP contribution in [0, 0.1) is 22.5 Å². The standard InChI is InChI=1S/C25H21N3O7/c1-4-7-17-13-16(15-21(34-6-3)22(17)35-12-5-2)14-20-23(29)26-25(31)27(24(20)30)18-8-10-19(11-9-18)28(32)33/h2,4,8-11,13-15H,1,6-7,12H2,3H3,(H,26,29,31)/b20-14+. The van der Waals surface area contributed by atoms with Gasteiger partial charge in [-0.3, -0.25) is 25.0 Å². The summed E-state index contributed by atoms with van der Waals surface area (Å²) in [6.45, 7) is 5.85. The predicted molar refractivity (Wildman–Crippen MR) is 128 cm³/mol. The molecule has 1 aliphatic heterocycles. The summed E-state index contributed by atoms with van der Waals surface area (Å²) >= 11 is 0. The van der Waals surface area contributed by atoms with Gasteiger partial charge in [-0.1, -0.05) is 12.0 Å². The van der Waals surface area contributed by atoms with Crippen LogP contribution in [-0.4, -0.2) is 36.0 Å². The van der Waals surface area contributed by atoms with Gasteiger partial charge in [-0.25, -0.2) is 9.69 Å². The fourth-order valence-electron chi connectivity index (χ4n) is 3.40. The molecule has 178 valence electrons. The molecule has 2 aromatic carbocycles. The van der Waals surface area contributed by atoms with E-state index in [9.17, 15) is 24.5 Å². The zero-order valence-corrected chi connectivity index (χ0v) is 18.8. The maximum atomic E-state index is 13.1. The highest BCUT2D eigenvalue weighted by Crippen LogP contribution is 2.35. The molecule has 10 nitrogen and oxygen atoms in total. The largest absolute Gasteiger partial charge is 0.490 e. The number of barbiturate groups is 1. The third kappa shape index (κ3) is 5.36. The van der Waals surface area contributed by atoms with Crippen LogP contribution in [0.25, 0.3) is 6.08 Å². The van der Waals surface area contributed by atoms with Gasteiger partial charge in [0.25, 0.3) is 17.5 Å². The Hall–Kier alpha value is -4.91. The Morgan fingerprint density at radius 3 is 2.51 bits per heavy atom. The summed E-state index contributed by atoms with van der Waals surface area (Å²) in [6, 6.07) is 7.11. The van der Waals surface area contributed by atoms with Crippen LogP contribution in [-0.2, 0) is 16.0 Å². The van der Waals surface area contributed by atoms with E-state index < -0.39 is 22.8 Å². The minimum Gasteiger partial charge on any atom is -0.490 e. The summed E-state index contributed by atoms with van der Waals surface area (Å²) < 4.78 is 11.3. The van der Waals surface area contributed by atoms with Crippen molar-refractivity contribution in [1.82, 2.24) is 5.32 Å². The second-order valence-electron chi connectivity index (χ2n) is 7.16. The van der Waals surface area contributed by atoms with Gasteiger partial charge in [-0.15, -0.1) is 13.0 Å². The molecule has 0 unspecified atom stereocenters. The van der Waals surface area contributed by atoms with E-state index in [2.05, 4.69) is 17.8 Å². The summed E-state index contributed by atoms with van der Waals surface area (Å²) in [5.41, 5.74) is 0.648. The van der Waals surface area contributed by atoms with Crippen molar-refractivity contribution in [2.75, 3.05) is 18.1 Å². The minimum absolute atomic E-state index is 0.0118. The van der Waals surface area contributed by atoms with Crippen molar-refractivity contribution in [2.24, 2.45) is 0 Å². The molecular weight excluding hydrogens is 454 g/mol. The lowest BCUT2D eigenvalue weighted by Gasteiger charge is -2.26. The number of nitrogens with one attached hydrogen (secondary N) is 1. The third-order valence-electron chi connectivity index (χ3n) is 4.85. The fourth-order valence-corrected chi connectivity index (χ4v) is 3.40. The van der Waals surface area contributed by atoms with Crippen LogP contribution < -0.4 is 19.7 Å². The number of urea groups is 1. The lowest BCUT2D eigenvalue weighted by Crippen LogP contribution is -2.54. The molecule has 0 spiro atoms. The minimum atomic E-state index is -0.966. The van der Waals surface area contributed by atoms with Crippen molar-refractivity contribution in [3.05, 3.63) is 75.9 Å². The Bertz CT molecular complexity index is 1270. The molecule has 10 heteroatoms. The molecule has 1 aliphatic rings. The number of non-ortho nitro benzene ring substituents is 1. The van der Waals surface area contributed by atoms with E-state index in [0.717, 1.165) is 17.0 Å². The number of allylic oxidation sites excluding steroid dienone is 1. The van der Waals surface area contributed by atoms with Crippen molar-refractivity contribution in [1.29, 1.82) is 0 Å². The number of carbonyl (C=O) groups is 3. The maximum absolute atomic E-state index is 13.1. The van der Waals surface area contributed by atoms with Crippen LogP contribution in [0.2, 0.25) is 0 Å². The number of nitro groups is 1. The first-order chi connectivity index (χ1) is 16.8. The molecule has 1 saturated heterocycles. The molecule has 0 saturated carbocycles. The molecule has 0 bridgehead atoms. The lowest BCUT2D eigenvalue weighted by atomic mass is 10.0. The van der Waals surface area contributed by atoms with E-state index in [1.54, 1.807) is 25.1 Å². The van der Waals surface area contributed by atoms with E-state index in [1.807, 2.05) is 0 Å². The quantitative estimate of drug-likeness (QED) is 0.147. The summed E-state index contributed by atoms with van der Waals surface area (Å²) in [6.07, 6.45) is 8.68. The zero-order valence-electron chi connectivity index (χ0n) is 18.8. The number of ether oxygens (including phenoxy) is 2. The van der Waals surface area contributed by atoms with Gasteiger partial charge < -0.3 is 9.47 Å². The SMILES string of the molecule is C#CCOc1c(CC=C)cc(/C=C2\C(=O)NC(=O)N(c3ccc([N+](=O)[O-])cc3)C2=O)cc1OCC. The number of carbonyl (C=O) groups excluding carboxylic acids is 3. The van der Waals surface area contributed by atoms with Gasteiger partial charge in [0.15, 0.2) is 11.5 Å². The molecule has 1 N–H and O–H groups in total. The molecule has 1 heterocycles. The van der Waals surface area contributed by atoms with Gasteiger partial charge in [0.05, 0.1) is 17.2 Å². The smallest absolute Gasteiger partial charge is 0.335 e. The first kappa shape index (κ1) is 24.7. The van der Waals surface area contributed by atoms with Crippen LogP contribution in [0.4, 0.5) is 16.2 Å². The normalized spacial score (nSPS) is 14.3. The van der Waals surface area contributed by atoms with Crippen molar-refractivity contribution in [3.8, 4) is 23.8 Å². The molecular formula is C25H21N3O7. The Morgan fingerprint density at radius 1 is 1.20 bits per heavy atom. The molecule has 0 aromatic heterocycles. The summed E-state index contributed by atoms with van der Waals surface area (Å²) in [7, 11) is 0. The number of nitro benzene ring substituents is 1. The number of anilines is 1. The van der Waals surface area contributed by atoms with Crippen molar-refractivity contribution in [2.45, 2.75) is 13.3 Å². The number of imide groups is 2. The van der Waals surface area contributed by atoms with Crippen LogP contribution >= 0.6 is 0 Å². The average Bonchev–Trinajstić information content (AvgIpc) is 2.82. The van der Waals surface area contributed by atoms with Gasteiger partial charge in [0.1, 0.15) is 12.2 Å². The number of hydrogen-bond donors (Lipinski definition) is 1. The molecule has 2 aromatic rings. The lowest BCUT2D eigenvalue weighted by molar-refractivity contribution is -0.384. The molecule has 35 heavy (non-hydrogen) atoms. The number of rotatable bonds is 9. The Labute approximate surface area is 201 Å².